The van der Waals surface area contributed by atoms with Gasteiger partial charge < -0.3 is 20.7 Å². The molecule has 1 aliphatic carbocycles. The van der Waals surface area contributed by atoms with Crippen molar-refractivity contribution in [3.63, 3.8) is 0 Å². The first-order valence-corrected chi connectivity index (χ1v) is 9.86. The van der Waals surface area contributed by atoms with Gasteiger partial charge in [-0.3, -0.25) is 9.59 Å². The topological polar surface area (TPSA) is 84.7 Å². The average molecular weight is 373 g/mol. The fraction of sp³-hybridized carbons (Fsp3) is 0.619. The minimum atomic E-state index is -0.581. The molecule has 3 rings (SSSR count). The largest absolute Gasteiger partial charge is 0.398 e. The van der Waals surface area contributed by atoms with E-state index in [1.807, 2.05) is 26.0 Å². The number of aryl methyl sites for hydroxylation is 1. The summed E-state index contributed by atoms with van der Waals surface area (Å²) in [5.74, 6) is 0.0798. The Kier molecular flexibility index (Phi) is 5.47. The third kappa shape index (κ3) is 4.26. The van der Waals surface area contributed by atoms with Gasteiger partial charge in [-0.2, -0.15) is 0 Å². The Bertz CT molecular complexity index is 729. The van der Waals surface area contributed by atoms with E-state index in [9.17, 15) is 9.59 Å². The molecule has 0 radical (unpaired) electrons. The molecule has 6 nitrogen and oxygen atoms in total. The van der Waals surface area contributed by atoms with Gasteiger partial charge in [0.05, 0.1) is 13.2 Å². The van der Waals surface area contributed by atoms with E-state index in [0.717, 1.165) is 31.2 Å². The highest BCUT2D eigenvalue weighted by Crippen LogP contribution is 2.49. The maximum absolute atomic E-state index is 12.9. The molecule has 0 spiro atoms. The lowest BCUT2D eigenvalue weighted by atomic mass is 9.98. The van der Waals surface area contributed by atoms with Crippen molar-refractivity contribution in [2.75, 3.05) is 32.0 Å². The minimum Gasteiger partial charge on any atom is -0.398 e. The molecule has 1 unspecified atom stereocenters. The van der Waals surface area contributed by atoms with Gasteiger partial charge in [0, 0.05) is 29.8 Å². The lowest BCUT2D eigenvalue weighted by Gasteiger charge is -2.40. The van der Waals surface area contributed by atoms with Crippen LogP contribution in [-0.4, -0.2) is 48.6 Å². The third-order valence-corrected chi connectivity index (χ3v) is 5.84. The Morgan fingerprint density at radius 3 is 2.70 bits per heavy atom. The summed E-state index contributed by atoms with van der Waals surface area (Å²) >= 11 is 0. The number of hydrogen-bond donors (Lipinski definition) is 2. The van der Waals surface area contributed by atoms with E-state index >= 15 is 0 Å². The summed E-state index contributed by atoms with van der Waals surface area (Å²) in [6.45, 7) is 7.84. The number of benzene rings is 1. The first-order chi connectivity index (χ1) is 12.8. The number of ether oxygens (including phenoxy) is 1. The number of nitrogen functional groups attached to an aromatic ring is 1. The van der Waals surface area contributed by atoms with Gasteiger partial charge in [0.15, 0.2) is 0 Å². The van der Waals surface area contributed by atoms with Crippen molar-refractivity contribution in [3.8, 4) is 0 Å². The molecule has 6 heteroatoms. The smallest absolute Gasteiger partial charge is 0.254 e. The highest BCUT2D eigenvalue weighted by molar-refractivity contribution is 5.95. The molecule has 1 saturated heterocycles. The molecule has 0 aromatic heterocycles. The summed E-state index contributed by atoms with van der Waals surface area (Å²) in [6.07, 6.45) is 3.91. The van der Waals surface area contributed by atoms with Crippen molar-refractivity contribution in [2.24, 2.45) is 5.41 Å². The molecule has 1 aromatic rings. The maximum atomic E-state index is 12.9. The van der Waals surface area contributed by atoms with Crippen LogP contribution in [0.4, 0.5) is 5.69 Å². The normalized spacial score (nSPS) is 23.7. The summed E-state index contributed by atoms with van der Waals surface area (Å²) in [4.78, 5) is 27.2. The molecule has 1 heterocycles. The number of rotatable bonds is 6. The van der Waals surface area contributed by atoms with Crippen LogP contribution < -0.4 is 11.1 Å². The second-order valence-corrected chi connectivity index (χ2v) is 8.31. The molecule has 1 atom stereocenters. The van der Waals surface area contributed by atoms with E-state index in [1.54, 1.807) is 11.0 Å². The van der Waals surface area contributed by atoms with Crippen LogP contribution in [-0.2, 0) is 9.53 Å². The van der Waals surface area contributed by atoms with E-state index in [0.29, 0.717) is 37.5 Å². The fourth-order valence-electron chi connectivity index (χ4n) is 3.84. The Morgan fingerprint density at radius 1 is 1.33 bits per heavy atom. The Morgan fingerprint density at radius 2 is 2.07 bits per heavy atom. The van der Waals surface area contributed by atoms with Gasteiger partial charge in [-0.05, 0) is 50.8 Å². The molecule has 2 fully saturated rings. The van der Waals surface area contributed by atoms with E-state index in [1.165, 1.54) is 0 Å². The molecule has 1 aromatic carbocycles. The zero-order valence-electron chi connectivity index (χ0n) is 16.6. The van der Waals surface area contributed by atoms with Crippen LogP contribution in [0.25, 0.3) is 0 Å². The van der Waals surface area contributed by atoms with Crippen LogP contribution in [0, 0.1) is 12.3 Å². The van der Waals surface area contributed by atoms with Crippen LogP contribution in [0.1, 0.15) is 55.5 Å². The summed E-state index contributed by atoms with van der Waals surface area (Å²) in [6, 6.07) is 5.41. The fourth-order valence-corrected chi connectivity index (χ4v) is 3.84. The monoisotopic (exact) mass is 373 g/mol. The van der Waals surface area contributed by atoms with Crippen LogP contribution >= 0.6 is 0 Å². The average Bonchev–Trinajstić information content (AvgIpc) is 3.43. The predicted octanol–water partition coefficient (Wildman–Crippen LogP) is 2.50. The molecule has 148 valence electrons. The predicted molar refractivity (Wildman–Crippen MR) is 105 cm³/mol. The molecule has 27 heavy (non-hydrogen) atoms. The van der Waals surface area contributed by atoms with Crippen molar-refractivity contribution in [1.29, 1.82) is 0 Å². The van der Waals surface area contributed by atoms with E-state index in [-0.39, 0.29) is 17.2 Å². The van der Waals surface area contributed by atoms with Crippen molar-refractivity contribution < 1.29 is 14.3 Å². The van der Waals surface area contributed by atoms with Crippen molar-refractivity contribution in [1.82, 2.24) is 10.2 Å². The van der Waals surface area contributed by atoms with Gasteiger partial charge in [0.2, 0.25) is 5.91 Å². The minimum absolute atomic E-state index is 0.0489. The Hall–Kier alpha value is -2.08. The number of carbonyl (C=O) groups excluding carboxylic acids is 2. The van der Waals surface area contributed by atoms with E-state index in [4.69, 9.17) is 10.5 Å². The number of anilines is 1. The quantitative estimate of drug-likeness (QED) is 0.751. The van der Waals surface area contributed by atoms with Crippen LogP contribution in [0.15, 0.2) is 18.2 Å². The van der Waals surface area contributed by atoms with Gasteiger partial charge in [-0.1, -0.05) is 19.4 Å². The van der Waals surface area contributed by atoms with Gasteiger partial charge in [0.25, 0.3) is 5.91 Å². The molecular weight excluding hydrogens is 342 g/mol. The molecule has 2 aliphatic rings. The first kappa shape index (κ1) is 19.7. The van der Waals surface area contributed by atoms with Crippen molar-refractivity contribution in [3.05, 3.63) is 29.3 Å². The number of morpholine rings is 1. The van der Waals surface area contributed by atoms with Gasteiger partial charge in [0.1, 0.15) is 5.60 Å². The zero-order chi connectivity index (χ0) is 19.7. The third-order valence-electron chi connectivity index (χ3n) is 5.84. The molecule has 1 saturated carbocycles. The van der Waals surface area contributed by atoms with Crippen LogP contribution in [0.3, 0.4) is 0 Å². The Labute approximate surface area is 161 Å². The first-order valence-electron chi connectivity index (χ1n) is 9.86. The highest BCUT2D eigenvalue weighted by atomic mass is 16.5. The summed E-state index contributed by atoms with van der Waals surface area (Å²) < 4.78 is 5.93. The number of hydrogen-bond acceptors (Lipinski definition) is 4. The van der Waals surface area contributed by atoms with Crippen molar-refractivity contribution in [2.45, 2.75) is 52.1 Å². The molecule has 1 aliphatic heterocycles. The summed E-state index contributed by atoms with van der Waals surface area (Å²) in [5, 5.41) is 3.07. The number of nitrogens with two attached hydrogens (primary N) is 1. The molecular formula is C21H31N3O3. The maximum Gasteiger partial charge on any atom is 0.254 e. The number of nitrogens with one attached hydrogen (secondary N) is 1. The number of nitrogens with zero attached hydrogens (tertiary/aromatic N) is 1. The second-order valence-electron chi connectivity index (χ2n) is 8.31. The summed E-state index contributed by atoms with van der Waals surface area (Å²) in [7, 11) is 0. The number of amides is 2. The molecule has 3 N–H and O–H groups in total. The SMILES string of the molecule is CCCC1(C(=O)NCC2(C)CN(C(=O)c3ccc(C)c(N)c3)CCO2)CC1. The number of carbonyl (C=O) groups is 2. The molecule has 2 amide bonds. The Balaban J connectivity index is 1.61. The van der Waals surface area contributed by atoms with Gasteiger partial charge >= 0.3 is 0 Å². The lowest BCUT2D eigenvalue weighted by molar-refractivity contribution is -0.130. The zero-order valence-corrected chi connectivity index (χ0v) is 16.6. The summed E-state index contributed by atoms with van der Waals surface area (Å²) in [5.41, 5.74) is 7.38. The standard InChI is InChI=1S/C21H31N3O3/c1-4-7-21(8-9-21)19(26)23-13-20(3)14-24(10-11-27-20)18(25)16-6-5-15(2)17(22)12-16/h5-6,12H,4,7-11,13-14,22H2,1-3H3,(H,23,26). The van der Waals surface area contributed by atoms with E-state index in [2.05, 4.69) is 12.2 Å². The van der Waals surface area contributed by atoms with Crippen LogP contribution in [0.5, 0.6) is 0 Å². The van der Waals surface area contributed by atoms with Gasteiger partial charge in [-0.15, -0.1) is 0 Å². The van der Waals surface area contributed by atoms with Gasteiger partial charge in [-0.25, -0.2) is 0 Å². The van der Waals surface area contributed by atoms with E-state index < -0.39 is 5.60 Å². The highest BCUT2D eigenvalue weighted by Gasteiger charge is 2.49. The van der Waals surface area contributed by atoms with Crippen molar-refractivity contribution >= 4 is 17.5 Å². The lowest BCUT2D eigenvalue weighted by Crippen LogP contribution is -2.57. The molecule has 0 bridgehead atoms. The van der Waals surface area contributed by atoms with Crippen LogP contribution in [0.2, 0.25) is 0 Å². The second kappa shape index (κ2) is 7.50.